The predicted octanol–water partition coefficient (Wildman–Crippen LogP) is 3.66. The number of allylic oxidation sites excluding steroid dienone is 2. The molecule has 1 N–H and O–H groups in total. The molecule has 1 fully saturated rings. The van der Waals surface area contributed by atoms with Gasteiger partial charge in [-0.05, 0) is 62.3 Å². The number of amides is 2. The van der Waals surface area contributed by atoms with Crippen LogP contribution in [-0.4, -0.2) is 36.3 Å². The van der Waals surface area contributed by atoms with Crippen LogP contribution in [-0.2, 0) is 4.79 Å². The molecule has 1 aromatic rings. The monoisotopic (exact) mass is 360 g/mol. The molecule has 1 aromatic carbocycles. The van der Waals surface area contributed by atoms with Crippen LogP contribution in [0.5, 0.6) is 0 Å². The number of carbonyl (C=O) groups excluding carboxylic acids is 2. The van der Waals surface area contributed by atoms with Crippen LogP contribution in [0.1, 0.15) is 42.5 Å². The number of nitrogens with zero attached hydrogens (tertiary/aromatic N) is 1. The molecule has 134 valence electrons. The lowest BCUT2D eigenvalue weighted by Crippen LogP contribution is -2.46. The number of nitrogens with one attached hydrogen (secondary N) is 1. The van der Waals surface area contributed by atoms with E-state index in [1.165, 1.54) is 0 Å². The third-order valence-electron chi connectivity index (χ3n) is 5.11. The minimum atomic E-state index is -0.107. The smallest absolute Gasteiger partial charge is 0.253 e. The zero-order valence-electron chi connectivity index (χ0n) is 14.4. The van der Waals surface area contributed by atoms with Gasteiger partial charge in [0, 0.05) is 30.2 Å². The van der Waals surface area contributed by atoms with Gasteiger partial charge in [0.05, 0.1) is 5.92 Å². The quantitative estimate of drug-likeness (QED) is 0.833. The highest BCUT2D eigenvalue weighted by Crippen LogP contribution is 2.21. The van der Waals surface area contributed by atoms with Crippen molar-refractivity contribution < 1.29 is 9.59 Å². The van der Waals surface area contributed by atoms with Crippen LogP contribution in [0.4, 0.5) is 0 Å². The van der Waals surface area contributed by atoms with E-state index in [0.29, 0.717) is 29.6 Å². The first-order valence-corrected chi connectivity index (χ1v) is 9.49. The normalized spacial score (nSPS) is 23.3. The van der Waals surface area contributed by atoms with Gasteiger partial charge in [0.2, 0.25) is 5.91 Å². The number of hydrogen-bond donors (Lipinski definition) is 1. The molecule has 2 aliphatic rings. The second-order valence-corrected chi connectivity index (χ2v) is 7.43. The Morgan fingerprint density at radius 1 is 1.16 bits per heavy atom. The molecule has 1 heterocycles. The first-order valence-electron chi connectivity index (χ1n) is 9.11. The number of benzene rings is 1. The fourth-order valence-electron chi connectivity index (χ4n) is 3.58. The first-order chi connectivity index (χ1) is 12.1. The summed E-state index contributed by atoms with van der Waals surface area (Å²) in [5.41, 5.74) is 0.624. The van der Waals surface area contributed by atoms with Gasteiger partial charge in [-0.3, -0.25) is 9.59 Å². The molecule has 0 saturated carbocycles. The van der Waals surface area contributed by atoms with Crippen molar-refractivity contribution in [3.8, 4) is 0 Å². The Bertz CT molecular complexity index is 642. The first kappa shape index (κ1) is 18.0. The van der Waals surface area contributed by atoms with E-state index in [9.17, 15) is 9.59 Å². The molecular weight excluding hydrogens is 336 g/mol. The molecule has 5 heteroatoms. The average Bonchev–Trinajstić information content (AvgIpc) is 2.67. The van der Waals surface area contributed by atoms with Gasteiger partial charge < -0.3 is 10.2 Å². The number of hydrogen-bond acceptors (Lipinski definition) is 2. The largest absolute Gasteiger partial charge is 0.356 e. The van der Waals surface area contributed by atoms with E-state index in [0.717, 1.165) is 38.6 Å². The number of carbonyl (C=O) groups is 2. The van der Waals surface area contributed by atoms with E-state index in [4.69, 9.17) is 11.6 Å². The molecule has 0 aromatic heterocycles. The molecule has 1 aliphatic carbocycles. The van der Waals surface area contributed by atoms with Gasteiger partial charge in [-0.15, -0.1) is 0 Å². The number of piperidine rings is 1. The van der Waals surface area contributed by atoms with Gasteiger partial charge in [0.1, 0.15) is 0 Å². The fraction of sp³-hybridized carbons (Fsp3) is 0.500. The van der Waals surface area contributed by atoms with Gasteiger partial charge in [-0.1, -0.05) is 23.8 Å². The number of rotatable bonds is 4. The highest BCUT2D eigenvalue weighted by molar-refractivity contribution is 6.30. The van der Waals surface area contributed by atoms with Crippen LogP contribution in [0, 0.1) is 11.8 Å². The maximum absolute atomic E-state index is 12.6. The van der Waals surface area contributed by atoms with Crippen molar-refractivity contribution in [2.75, 3.05) is 19.6 Å². The second-order valence-electron chi connectivity index (χ2n) is 6.99. The lowest BCUT2D eigenvalue weighted by atomic mass is 9.93. The van der Waals surface area contributed by atoms with Crippen LogP contribution in [0.2, 0.25) is 5.02 Å². The maximum Gasteiger partial charge on any atom is 0.253 e. The third-order valence-corrected chi connectivity index (χ3v) is 5.37. The number of likely N-dealkylation sites (tertiary alicyclic amines) is 1. The molecule has 1 aliphatic heterocycles. The minimum absolute atomic E-state index is 0.0217. The van der Waals surface area contributed by atoms with Crippen molar-refractivity contribution >= 4 is 23.4 Å². The molecule has 1 saturated heterocycles. The van der Waals surface area contributed by atoms with Crippen LogP contribution in [0.25, 0.3) is 0 Å². The van der Waals surface area contributed by atoms with Crippen LogP contribution < -0.4 is 5.32 Å². The van der Waals surface area contributed by atoms with E-state index >= 15 is 0 Å². The zero-order valence-corrected chi connectivity index (χ0v) is 15.2. The van der Waals surface area contributed by atoms with Gasteiger partial charge >= 0.3 is 0 Å². The van der Waals surface area contributed by atoms with E-state index in [1.807, 2.05) is 0 Å². The molecule has 4 nitrogen and oxygen atoms in total. The Hall–Kier alpha value is -1.81. The Labute approximate surface area is 154 Å². The predicted molar refractivity (Wildman–Crippen MR) is 99.6 cm³/mol. The summed E-state index contributed by atoms with van der Waals surface area (Å²) in [5.74, 6) is 0.503. The summed E-state index contributed by atoms with van der Waals surface area (Å²) < 4.78 is 0. The number of halogens is 1. The summed E-state index contributed by atoms with van der Waals surface area (Å²) in [7, 11) is 0. The van der Waals surface area contributed by atoms with Crippen LogP contribution in [0.3, 0.4) is 0 Å². The summed E-state index contributed by atoms with van der Waals surface area (Å²) >= 11 is 5.88. The SMILES string of the molecule is O=C(NCC1CC=CCC1)C1CCCN(C(=O)c2ccc(Cl)cc2)C1. The molecule has 0 spiro atoms. The van der Waals surface area contributed by atoms with Gasteiger partial charge in [0.15, 0.2) is 0 Å². The maximum atomic E-state index is 12.6. The molecular formula is C20H25ClN2O2. The van der Waals surface area contributed by atoms with Crippen LogP contribution in [0.15, 0.2) is 36.4 Å². The topological polar surface area (TPSA) is 49.4 Å². The van der Waals surface area contributed by atoms with Crippen molar-refractivity contribution in [1.82, 2.24) is 10.2 Å². The second kappa shape index (κ2) is 8.52. The van der Waals surface area contributed by atoms with Crippen molar-refractivity contribution in [2.45, 2.75) is 32.1 Å². The molecule has 0 radical (unpaired) electrons. The Kier molecular flexibility index (Phi) is 6.14. The molecule has 0 bridgehead atoms. The van der Waals surface area contributed by atoms with Crippen molar-refractivity contribution in [1.29, 1.82) is 0 Å². The summed E-state index contributed by atoms with van der Waals surface area (Å²) in [5, 5.41) is 3.72. The van der Waals surface area contributed by atoms with E-state index in [1.54, 1.807) is 29.2 Å². The minimum Gasteiger partial charge on any atom is -0.356 e. The van der Waals surface area contributed by atoms with E-state index in [2.05, 4.69) is 17.5 Å². The van der Waals surface area contributed by atoms with E-state index < -0.39 is 0 Å². The Balaban J connectivity index is 1.53. The highest BCUT2D eigenvalue weighted by Gasteiger charge is 2.29. The molecule has 2 amide bonds. The standard InChI is InChI=1S/C20H25ClN2O2/c21-18-10-8-16(9-11-18)20(25)23-12-4-7-17(14-23)19(24)22-13-15-5-2-1-3-6-15/h1-2,8-11,15,17H,3-7,12-14H2,(H,22,24). The molecule has 3 rings (SSSR count). The van der Waals surface area contributed by atoms with Gasteiger partial charge in [0.25, 0.3) is 5.91 Å². The Morgan fingerprint density at radius 2 is 1.96 bits per heavy atom. The summed E-state index contributed by atoms with van der Waals surface area (Å²) in [6.45, 7) is 1.95. The molecule has 25 heavy (non-hydrogen) atoms. The zero-order chi connectivity index (χ0) is 17.6. The molecule has 2 unspecified atom stereocenters. The highest BCUT2D eigenvalue weighted by atomic mass is 35.5. The van der Waals surface area contributed by atoms with Crippen molar-refractivity contribution in [3.63, 3.8) is 0 Å². The van der Waals surface area contributed by atoms with Crippen molar-refractivity contribution in [2.24, 2.45) is 11.8 Å². The van der Waals surface area contributed by atoms with Gasteiger partial charge in [-0.25, -0.2) is 0 Å². The van der Waals surface area contributed by atoms with Gasteiger partial charge in [-0.2, -0.15) is 0 Å². The van der Waals surface area contributed by atoms with Crippen molar-refractivity contribution in [3.05, 3.63) is 47.0 Å². The van der Waals surface area contributed by atoms with E-state index in [-0.39, 0.29) is 17.7 Å². The lowest BCUT2D eigenvalue weighted by Gasteiger charge is -2.32. The summed E-state index contributed by atoms with van der Waals surface area (Å²) in [6, 6.07) is 6.93. The third kappa shape index (κ3) is 4.85. The lowest BCUT2D eigenvalue weighted by molar-refractivity contribution is -0.126. The Morgan fingerprint density at radius 3 is 2.68 bits per heavy atom. The molecule has 2 atom stereocenters. The average molecular weight is 361 g/mol. The fourth-order valence-corrected chi connectivity index (χ4v) is 3.71. The summed E-state index contributed by atoms with van der Waals surface area (Å²) in [6.07, 6.45) is 9.42. The summed E-state index contributed by atoms with van der Waals surface area (Å²) in [4.78, 5) is 26.9. The van der Waals surface area contributed by atoms with Crippen LogP contribution >= 0.6 is 11.6 Å².